The molecule has 1 amide bonds. The lowest BCUT2D eigenvalue weighted by Crippen LogP contribution is -2.39. The molecule has 1 saturated heterocycles. The smallest absolute Gasteiger partial charge is 0.267 e. The number of halogens is 1. The van der Waals surface area contributed by atoms with Crippen LogP contribution in [0, 0.1) is 5.82 Å². The van der Waals surface area contributed by atoms with Crippen molar-refractivity contribution in [1.29, 1.82) is 0 Å². The lowest BCUT2D eigenvalue weighted by atomic mass is 9.89. The van der Waals surface area contributed by atoms with Crippen molar-refractivity contribution < 1.29 is 9.18 Å². The number of aromatic nitrogens is 4. The van der Waals surface area contributed by atoms with Gasteiger partial charge < -0.3 is 9.80 Å². The Morgan fingerprint density at radius 3 is 2.84 bits per heavy atom. The van der Waals surface area contributed by atoms with E-state index in [1.165, 1.54) is 6.07 Å². The fourth-order valence-corrected chi connectivity index (χ4v) is 4.65. The van der Waals surface area contributed by atoms with Gasteiger partial charge in [0.05, 0.1) is 11.4 Å². The molecule has 1 aromatic carbocycles. The van der Waals surface area contributed by atoms with Gasteiger partial charge in [0, 0.05) is 50.4 Å². The molecule has 2 aromatic heterocycles. The molecule has 3 aromatic rings. The Kier molecular flexibility index (Phi) is 6.22. The van der Waals surface area contributed by atoms with Crippen molar-refractivity contribution in [2.75, 3.05) is 32.1 Å². The highest BCUT2D eigenvalue weighted by Crippen LogP contribution is 2.35. The normalized spacial score (nSPS) is 16.4. The van der Waals surface area contributed by atoms with Crippen molar-refractivity contribution in [1.82, 2.24) is 24.5 Å². The van der Waals surface area contributed by atoms with Crippen molar-refractivity contribution in [2.45, 2.75) is 32.1 Å². The zero-order chi connectivity index (χ0) is 22.0. The van der Waals surface area contributed by atoms with E-state index in [4.69, 9.17) is 4.98 Å². The van der Waals surface area contributed by atoms with E-state index in [9.17, 15) is 9.18 Å². The van der Waals surface area contributed by atoms with Crippen LogP contribution in [0.4, 0.5) is 10.3 Å². The summed E-state index contributed by atoms with van der Waals surface area (Å²) in [6, 6.07) is 6.67. The average molecular weight is 441 g/mol. The highest BCUT2D eigenvalue weighted by atomic mass is 32.1. The van der Waals surface area contributed by atoms with Crippen molar-refractivity contribution in [2.24, 2.45) is 0 Å². The van der Waals surface area contributed by atoms with Gasteiger partial charge in [-0.25, -0.2) is 14.4 Å². The van der Waals surface area contributed by atoms with E-state index >= 15 is 0 Å². The van der Waals surface area contributed by atoms with Crippen LogP contribution < -0.4 is 4.90 Å². The van der Waals surface area contributed by atoms with E-state index in [0.29, 0.717) is 41.5 Å². The third kappa shape index (κ3) is 4.27. The Hall–Kier alpha value is -2.94. The van der Waals surface area contributed by atoms with E-state index in [0.717, 1.165) is 35.8 Å². The van der Waals surface area contributed by atoms with Crippen LogP contribution in [0.1, 0.15) is 46.7 Å². The van der Waals surface area contributed by atoms with Crippen LogP contribution in [-0.2, 0) is 6.42 Å². The second-order valence-electron chi connectivity index (χ2n) is 7.84. The maximum Gasteiger partial charge on any atom is 0.267 e. The number of benzene rings is 1. The molecule has 1 atom stereocenters. The van der Waals surface area contributed by atoms with Crippen LogP contribution >= 0.6 is 11.5 Å². The van der Waals surface area contributed by atoms with Gasteiger partial charge in [-0.15, -0.1) is 5.10 Å². The number of carbonyl (C=O) groups is 1. The molecule has 9 heteroatoms. The number of anilines is 1. The highest BCUT2D eigenvalue weighted by molar-refractivity contribution is 7.08. The first-order valence-corrected chi connectivity index (χ1v) is 11.2. The molecule has 0 radical (unpaired) electrons. The Labute approximate surface area is 185 Å². The maximum atomic E-state index is 14.6. The second kappa shape index (κ2) is 9.05. The summed E-state index contributed by atoms with van der Waals surface area (Å²) in [7, 11) is 3.75. The van der Waals surface area contributed by atoms with Gasteiger partial charge in [-0.3, -0.25) is 4.79 Å². The van der Waals surface area contributed by atoms with Crippen LogP contribution in [0.3, 0.4) is 0 Å². The van der Waals surface area contributed by atoms with Crippen LogP contribution in [0.5, 0.6) is 0 Å². The summed E-state index contributed by atoms with van der Waals surface area (Å²) in [5, 5.41) is 4.08. The van der Waals surface area contributed by atoms with Crippen molar-refractivity contribution >= 4 is 23.4 Å². The average Bonchev–Trinajstić information content (AvgIpc) is 3.27. The number of likely N-dealkylation sites (tertiary alicyclic amines) is 1. The lowest BCUT2D eigenvalue weighted by molar-refractivity contribution is 0.0709. The summed E-state index contributed by atoms with van der Waals surface area (Å²) in [5.74, 6) is 0.210. The van der Waals surface area contributed by atoms with Crippen LogP contribution in [0.2, 0.25) is 0 Å². The molecule has 1 aliphatic heterocycles. The van der Waals surface area contributed by atoms with Gasteiger partial charge in [0.15, 0.2) is 0 Å². The summed E-state index contributed by atoms with van der Waals surface area (Å²) in [6.45, 7) is 3.17. The van der Waals surface area contributed by atoms with Crippen LogP contribution in [0.25, 0.3) is 11.1 Å². The van der Waals surface area contributed by atoms with Gasteiger partial charge in [-0.1, -0.05) is 29.6 Å². The maximum absolute atomic E-state index is 14.6. The Bertz CT molecular complexity index is 1090. The molecule has 0 saturated carbocycles. The Balaban J connectivity index is 1.70. The summed E-state index contributed by atoms with van der Waals surface area (Å²) < 4.78 is 18.6. The van der Waals surface area contributed by atoms with E-state index in [2.05, 4.69) is 14.6 Å². The number of piperidine rings is 1. The molecular formula is C22H25FN6OS. The molecule has 1 aliphatic rings. The van der Waals surface area contributed by atoms with Gasteiger partial charge in [0.1, 0.15) is 10.7 Å². The number of amides is 1. The number of hydrogen-bond donors (Lipinski definition) is 0. The van der Waals surface area contributed by atoms with Crippen molar-refractivity contribution in [3.8, 4) is 11.1 Å². The van der Waals surface area contributed by atoms with Crippen molar-refractivity contribution in [3.63, 3.8) is 0 Å². The summed E-state index contributed by atoms with van der Waals surface area (Å²) >= 11 is 1.15. The fraction of sp³-hybridized carbons (Fsp3) is 0.409. The van der Waals surface area contributed by atoms with Gasteiger partial charge in [0.2, 0.25) is 5.95 Å². The molecular weight excluding hydrogens is 415 g/mol. The SMILES string of the molecule is CCc1nnsc1C(=O)N1CCC[C@@H](c2nc(N(C)C)ncc2-c2ccccc2F)C1. The van der Waals surface area contributed by atoms with Gasteiger partial charge in [0.25, 0.3) is 5.91 Å². The van der Waals surface area contributed by atoms with E-state index in [-0.39, 0.29) is 17.6 Å². The topological polar surface area (TPSA) is 75.1 Å². The second-order valence-corrected chi connectivity index (χ2v) is 8.59. The number of aryl methyl sites for hydroxylation is 1. The quantitative estimate of drug-likeness (QED) is 0.601. The zero-order valence-electron chi connectivity index (χ0n) is 17.9. The van der Waals surface area contributed by atoms with Crippen molar-refractivity contribution in [3.05, 3.63) is 52.5 Å². The molecule has 0 N–H and O–H groups in total. The highest BCUT2D eigenvalue weighted by Gasteiger charge is 2.31. The number of hydrogen-bond acceptors (Lipinski definition) is 7. The third-order valence-electron chi connectivity index (χ3n) is 5.55. The predicted molar refractivity (Wildman–Crippen MR) is 119 cm³/mol. The molecule has 0 unspecified atom stereocenters. The number of rotatable bonds is 5. The third-order valence-corrected chi connectivity index (χ3v) is 6.31. The molecule has 0 aliphatic carbocycles. The van der Waals surface area contributed by atoms with Gasteiger partial charge in [-0.05, 0) is 36.9 Å². The molecule has 0 bridgehead atoms. The van der Waals surface area contributed by atoms with E-state index in [1.807, 2.05) is 36.9 Å². The standard InChI is InChI=1S/C22H25FN6OS/c1-4-18-20(31-27-26-18)21(30)29-11-7-8-14(13-29)19-16(12-24-22(25-19)28(2)3)15-9-5-6-10-17(15)23/h5-6,9-10,12,14H,4,7-8,11,13H2,1-3H3/t14-/m1/s1. The number of nitrogens with zero attached hydrogens (tertiary/aromatic N) is 6. The lowest BCUT2D eigenvalue weighted by Gasteiger charge is -2.33. The van der Waals surface area contributed by atoms with Crippen LogP contribution in [-0.4, -0.2) is 57.5 Å². The summed E-state index contributed by atoms with van der Waals surface area (Å²) in [5.41, 5.74) is 2.67. The fourth-order valence-electron chi connectivity index (χ4n) is 3.93. The predicted octanol–water partition coefficient (Wildman–Crippen LogP) is 3.78. The number of carbonyl (C=O) groups excluding carboxylic acids is 1. The van der Waals surface area contributed by atoms with E-state index < -0.39 is 0 Å². The minimum Gasteiger partial charge on any atom is -0.347 e. The van der Waals surface area contributed by atoms with Gasteiger partial charge in [-0.2, -0.15) is 0 Å². The molecule has 0 spiro atoms. The molecule has 31 heavy (non-hydrogen) atoms. The molecule has 7 nitrogen and oxygen atoms in total. The summed E-state index contributed by atoms with van der Waals surface area (Å²) in [6.07, 6.45) is 4.09. The molecule has 3 heterocycles. The largest absolute Gasteiger partial charge is 0.347 e. The van der Waals surface area contributed by atoms with Crippen LogP contribution in [0.15, 0.2) is 30.5 Å². The molecule has 1 fully saturated rings. The Morgan fingerprint density at radius 2 is 2.10 bits per heavy atom. The first kappa shape index (κ1) is 21.3. The monoisotopic (exact) mass is 440 g/mol. The Morgan fingerprint density at radius 1 is 1.29 bits per heavy atom. The van der Waals surface area contributed by atoms with Gasteiger partial charge >= 0.3 is 0 Å². The molecule has 4 rings (SSSR count). The van der Waals surface area contributed by atoms with E-state index in [1.54, 1.807) is 18.3 Å². The first-order chi connectivity index (χ1) is 15.0. The minimum absolute atomic E-state index is 0.0139. The minimum atomic E-state index is -0.308. The first-order valence-electron chi connectivity index (χ1n) is 10.4. The molecule has 162 valence electrons. The zero-order valence-corrected chi connectivity index (χ0v) is 18.7. The summed E-state index contributed by atoms with van der Waals surface area (Å²) in [4.78, 5) is 26.7.